The van der Waals surface area contributed by atoms with Gasteiger partial charge in [-0.1, -0.05) is 24.3 Å². The van der Waals surface area contributed by atoms with E-state index in [1.54, 1.807) is 0 Å². The molecule has 1 rings (SSSR count). The fraction of sp³-hybridized carbons (Fsp3) is 0.308. The van der Waals surface area contributed by atoms with Crippen molar-refractivity contribution < 1.29 is 4.79 Å². The van der Waals surface area contributed by atoms with E-state index in [0.29, 0.717) is 6.54 Å². The molecule has 0 aliphatic carbocycles. The second kappa shape index (κ2) is 5.95. The van der Waals surface area contributed by atoms with Gasteiger partial charge in [0.05, 0.1) is 0 Å². The van der Waals surface area contributed by atoms with Crippen molar-refractivity contribution in [1.82, 2.24) is 5.32 Å². The summed E-state index contributed by atoms with van der Waals surface area (Å²) < 4.78 is 0. The first kappa shape index (κ1) is 12.3. The van der Waals surface area contributed by atoms with Crippen LogP contribution in [0, 0.1) is 6.92 Å². The lowest BCUT2D eigenvalue weighted by atomic mass is 10.1. The van der Waals surface area contributed by atoms with Crippen molar-refractivity contribution in [2.75, 3.05) is 12.3 Å². The second-order valence-electron chi connectivity index (χ2n) is 3.81. The van der Waals surface area contributed by atoms with Gasteiger partial charge in [0.25, 0.3) is 0 Å². The van der Waals surface area contributed by atoms with Crippen LogP contribution in [0.5, 0.6) is 0 Å². The lowest BCUT2D eigenvalue weighted by Gasteiger charge is -2.01. The van der Waals surface area contributed by atoms with Crippen molar-refractivity contribution in [3.05, 3.63) is 35.4 Å². The molecule has 3 nitrogen and oxygen atoms in total. The van der Waals surface area contributed by atoms with Gasteiger partial charge in [0.2, 0.25) is 5.91 Å². The van der Waals surface area contributed by atoms with E-state index in [-0.39, 0.29) is 5.91 Å². The fourth-order valence-electron chi connectivity index (χ4n) is 1.39. The Morgan fingerprint density at radius 1 is 1.50 bits per heavy atom. The summed E-state index contributed by atoms with van der Waals surface area (Å²) in [7, 11) is 0. The quantitative estimate of drug-likeness (QED) is 0.600. The first-order valence-corrected chi connectivity index (χ1v) is 5.36. The van der Waals surface area contributed by atoms with Gasteiger partial charge in [0, 0.05) is 19.2 Å². The summed E-state index contributed by atoms with van der Waals surface area (Å²) >= 11 is 0. The van der Waals surface area contributed by atoms with Crippen LogP contribution in [0.3, 0.4) is 0 Å². The van der Waals surface area contributed by atoms with E-state index in [2.05, 4.69) is 5.32 Å². The zero-order valence-electron chi connectivity index (χ0n) is 9.79. The number of hydrogen-bond donors (Lipinski definition) is 2. The monoisotopic (exact) mass is 218 g/mol. The van der Waals surface area contributed by atoms with Crippen LogP contribution in [0.15, 0.2) is 24.3 Å². The molecule has 0 spiro atoms. The van der Waals surface area contributed by atoms with Crippen LogP contribution in [-0.2, 0) is 4.79 Å². The van der Waals surface area contributed by atoms with Crippen LogP contribution in [0.1, 0.15) is 24.5 Å². The topological polar surface area (TPSA) is 55.1 Å². The summed E-state index contributed by atoms with van der Waals surface area (Å²) in [5, 5.41) is 2.73. The molecule has 86 valence electrons. The third-order valence-electron chi connectivity index (χ3n) is 2.22. The van der Waals surface area contributed by atoms with Gasteiger partial charge >= 0.3 is 0 Å². The maximum atomic E-state index is 10.6. The minimum Gasteiger partial charge on any atom is -0.398 e. The van der Waals surface area contributed by atoms with Crippen LogP contribution in [0.25, 0.3) is 6.08 Å². The number of hydrogen-bond acceptors (Lipinski definition) is 2. The Morgan fingerprint density at radius 2 is 2.25 bits per heavy atom. The van der Waals surface area contributed by atoms with Gasteiger partial charge < -0.3 is 11.1 Å². The Kier molecular flexibility index (Phi) is 4.58. The third-order valence-corrected chi connectivity index (χ3v) is 2.22. The molecule has 1 aromatic rings. The highest BCUT2D eigenvalue weighted by atomic mass is 16.1. The summed E-state index contributed by atoms with van der Waals surface area (Å²) in [6.45, 7) is 4.19. The Morgan fingerprint density at radius 3 is 2.88 bits per heavy atom. The fourth-order valence-corrected chi connectivity index (χ4v) is 1.39. The van der Waals surface area contributed by atoms with Crippen molar-refractivity contribution in [3.8, 4) is 0 Å². The van der Waals surface area contributed by atoms with Gasteiger partial charge in [-0.05, 0) is 30.5 Å². The van der Waals surface area contributed by atoms with Crippen LogP contribution >= 0.6 is 0 Å². The molecule has 1 aromatic carbocycles. The summed E-state index contributed by atoms with van der Waals surface area (Å²) in [6.07, 6.45) is 4.81. The van der Waals surface area contributed by atoms with E-state index in [1.165, 1.54) is 6.92 Å². The van der Waals surface area contributed by atoms with Crippen molar-refractivity contribution in [2.24, 2.45) is 0 Å². The van der Waals surface area contributed by atoms with Crippen LogP contribution in [-0.4, -0.2) is 12.5 Å². The molecule has 3 heteroatoms. The normalized spacial score (nSPS) is 10.6. The first-order valence-electron chi connectivity index (χ1n) is 5.36. The number of nitrogens with two attached hydrogens (primary N) is 1. The minimum absolute atomic E-state index is 0.00301. The average molecular weight is 218 g/mol. The lowest BCUT2D eigenvalue weighted by Crippen LogP contribution is -2.20. The number of amides is 1. The number of carbonyl (C=O) groups excluding carboxylic acids is 1. The molecule has 0 atom stereocenters. The highest BCUT2D eigenvalue weighted by Crippen LogP contribution is 2.15. The second-order valence-corrected chi connectivity index (χ2v) is 3.81. The van der Waals surface area contributed by atoms with E-state index < -0.39 is 0 Å². The number of aryl methyl sites for hydroxylation is 1. The minimum atomic E-state index is 0.00301. The molecule has 0 saturated carbocycles. The summed E-state index contributed by atoms with van der Waals surface area (Å²) in [5.74, 6) is 0.00301. The largest absolute Gasteiger partial charge is 0.398 e. The van der Waals surface area contributed by atoms with E-state index in [4.69, 9.17) is 5.73 Å². The summed E-state index contributed by atoms with van der Waals surface area (Å²) in [5.41, 5.74) is 8.83. The van der Waals surface area contributed by atoms with Gasteiger partial charge in [0.1, 0.15) is 0 Å². The Labute approximate surface area is 96.3 Å². The standard InChI is InChI=1S/C13H18N2O/c1-10-6-7-12(13(14)9-10)5-3-4-8-15-11(2)16/h3,5-7,9H,4,8,14H2,1-2H3,(H,15,16). The highest BCUT2D eigenvalue weighted by Gasteiger charge is 1.94. The number of nitrogen functional groups attached to an aromatic ring is 1. The summed E-state index contributed by atoms with van der Waals surface area (Å²) in [6, 6.07) is 5.98. The summed E-state index contributed by atoms with van der Waals surface area (Å²) in [4.78, 5) is 10.6. The number of anilines is 1. The van der Waals surface area contributed by atoms with Gasteiger partial charge in [0.15, 0.2) is 0 Å². The van der Waals surface area contributed by atoms with Crippen LogP contribution < -0.4 is 11.1 Å². The van der Waals surface area contributed by atoms with Crippen LogP contribution in [0.2, 0.25) is 0 Å². The maximum absolute atomic E-state index is 10.6. The molecule has 0 saturated heterocycles. The zero-order chi connectivity index (χ0) is 12.0. The van der Waals surface area contributed by atoms with Gasteiger partial charge in [-0.25, -0.2) is 0 Å². The average Bonchev–Trinajstić information content (AvgIpc) is 2.20. The van der Waals surface area contributed by atoms with Crippen molar-refractivity contribution in [2.45, 2.75) is 20.3 Å². The maximum Gasteiger partial charge on any atom is 0.216 e. The van der Waals surface area contributed by atoms with Gasteiger partial charge in [-0.2, -0.15) is 0 Å². The van der Waals surface area contributed by atoms with E-state index in [9.17, 15) is 4.79 Å². The Balaban J connectivity index is 2.47. The number of nitrogens with one attached hydrogen (secondary N) is 1. The molecule has 0 aromatic heterocycles. The number of rotatable bonds is 4. The predicted molar refractivity (Wildman–Crippen MR) is 67.9 cm³/mol. The highest BCUT2D eigenvalue weighted by molar-refractivity contribution is 5.72. The number of carbonyl (C=O) groups is 1. The van der Waals surface area contributed by atoms with Crippen molar-refractivity contribution in [1.29, 1.82) is 0 Å². The van der Waals surface area contributed by atoms with Gasteiger partial charge in [-0.15, -0.1) is 0 Å². The SMILES string of the molecule is CC(=O)NCCC=Cc1ccc(C)cc1N. The zero-order valence-corrected chi connectivity index (χ0v) is 9.79. The molecular weight excluding hydrogens is 200 g/mol. The molecule has 0 bridgehead atoms. The molecule has 0 aliphatic heterocycles. The molecule has 0 radical (unpaired) electrons. The molecule has 0 aliphatic rings. The third kappa shape index (κ3) is 4.17. The Hall–Kier alpha value is -1.77. The molecule has 1 amide bonds. The molecule has 0 fully saturated rings. The van der Waals surface area contributed by atoms with E-state index in [0.717, 1.165) is 23.2 Å². The van der Waals surface area contributed by atoms with Crippen LogP contribution in [0.4, 0.5) is 5.69 Å². The van der Waals surface area contributed by atoms with E-state index >= 15 is 0 Å². The molecule has 0 unspecified atom stereocenters. The molecule has 3 N–H and O–H groups in total. The van der Waals surface area contributed by atoms with Crippen molar-refractivity contribution in [3.63, 3.8) is 0 Å². The molecule has 16 heavy (non-hydrogen) atoms. The lowest BCUT2D eigenvalue weighted by molar-refractivity contribution is -0.118. The van der Waals surface area contributed by atoms with Crippen molar-refractivity contribution >= 4 is 17.7 Å². The Bertz CT molecular complexity index is 397. The molecular formula is C13H18N2O. The first-order chi connectivity index (χ1) is 7.59. The predicted octanol–water partition coefficient (Wildman–Crippen LogP) is 2.12. The number of benzene rings is 1. The smallest absolute Gasteiger partial charge is 0.216 e. The molecule has 0 heterocycles. The van der Waals surface area contributed by atoms with Gasteiger partial charge in [-0.3, -0.25) is 4.79 Å². The van der Waals surface area contributed by atoms with E-state index in [1.807, 2.05) is 37.3 Å².